The molecule has 0 radical (unpaired) electrons. The number of carbonyl (C=O) groups excluding carboxylic acids is 1. The molecule has 0 saturated heterocycles. The first-order valence-electron chi connectivity index (χ1n) is 11.5. The zero-order valence-electron chi connectivity index (χ0n) is 19.7. The Morgan fingerprint density at radius 1 is 0.943 bits per heavy atom. The summed E-state index contributed by atoms with van der Waals surface area (Å²) < 4.78 is 9.47. The molecule has 5 aromatic rings. The molecule has 0 bridgehead atoms. The highest BCUT2D eigenvalue weighted by molar-refractivity contribution is 7.99. The molecule has 5 rings (SSSR count). The van der Waals surface area contributed by atoms with Gasteiger partial charge in [0.2, 0.25) is 0 Å². The lowest BCUT2D eigenvalue weighted by atomic mass is 10.1. The van der Waals surface area contributed by atoms with Crippen LogP contribution < -0.4 is 4.74 Å². The third-order valence-electron chi connectivity index (χ3n) is 6.00. The molecule has 3 aromatic carbocycles. The Morgan fingerprint density at radius 3 is 2.43 bits per heavy atom. The quantitative estimate of drug-likeness (QED) is 0.196. The summed E-state index contributed by atoms with van der Waals surface area (Å²) in [5.74, 6) is 1.95. The van der Waals surface area contributed by atoms with Crippen LogP contribution in [0.2, 0.25) is 0 Å². The minimum absolute atomic E-state index is 0.0762. The van der Waals surface area contributed by atoms with E-state index < -0.39 is 0 Å². The summed E-state index contributed by atoms with van der Waals surface area (Å²) in [4.78, 5) is 13.3. The van der Waals surface area contributed by atoms with Crippen molar-refractivity contribution in [3.8, 4) is 11.4 Å². The normalized spacial score (nSPS) is 11.1. The number of ether oxygens (including phenoxy) is 1. The highest BCUT2D eigenvalue weighted by Gasteiger charge is 2.19. The van der Waals surface area contributed by atoms with Gasteiger partial charge in [-0.05, 0) is 42.8 Å². The number of carbonyl (C=O) groups is 1. The van der Waals surface area contributed by atoms with E-state index in [9.17, 15) is 4.79 Å². The number of nitrogens with zero attached hydrogens (tertiary/aromatic N) is 4. The summed E-state index contributed by atoms with van der Waals surface area (Å²) in [6.07, 6.45) is 2.60. The van der Waals surface area contributed by atoms with Gasteiger partial charge < -0.3 is 9.30 Å². The molecule has 0 spiro atoms. The van der Waals surface area contributed by atoms with Crippen LogP contribution in [0.25, 0.3) is 16.6 Å². The van der Waals surface area contributed by atoms with E-state index in [2.05, 4.69) is 39.9 Å². The molecule has 0 aliphatic rings. The van der Waals surface area contributed by atoms with Crippen molar-refractivity contribution >= 4 is 28.4 Å². The fourth-order valence-corrected chi connectivity index (χ4v) is 5.07. The fraction of sp³-hybridized carbons (Fsp3) is 0.179. The predicted octanol–water partition coefficient (Wildman–Crippen LogP) is 5.82. The summed E-state index contributed by atoms with van der Waals surface area (Å²) in [5.41, 5.74) is 3.90. The number of hydrogen-bond donors (Lipinski definition) is 0. The second-order valence-electron chi connectivity index (χ2n) is 8.15. The molecule has 35 heavy (non-hydrogen) atoms. The average molecular weight is 483 g/mol. The maximum atomic E-state index is 13.3. The number of hydrogen-bond acceptors (Lipinski definition) is 5. The van der Waals surface area contributed by atoms with Crippen molar-refractivity contribution in [1.29, 1.82) is 0 Å². The van der Waals surface area contributed by atoms with E-state index in [4.69, 9.17) is 4.74 Å². The number of ketones is 1. The molecule has 7 heteroatoms. The van der Waals surface area contributed by atoms with Gasteiger partial charge >= 0.3 is 0 Å². The van der Waals surface area contributed by atoms with Crippen molar-refractivity contribution in [3.05, 3.63) is 102 Å². The molecule has 0 saturated carbocycles. The Labute approximate surface area is 208 Å². The second-order valence-corrected chi connectivity index (χ2v) is 9.09. The van der Waals surface area contributed by atoms with Crippen LogP contribution in [-0.2, 0) is 13.0 Å². The Kier molecular flexibility index (Phi) is 6.68. The van der Waals surface area contributed by atoms with E-state index in [0.29, 0.717) is 11.6 Å². The van der Waals surface area contributed by atoms with Crippen LogP contribution in [0.3, 0.4) is 0 Å². The average Bonchev–Trinajstić information content (AvgIpc) is 3.49. The van der Waals surface area contributed by atoms with Gasteiger partial charge in [-0.3, -0.25) is 9.36 Å². The van der Waals surface area contributed by atoms with Crippen molar-refractivity contribution in [3.63, 3.8) is 0 Å². The number of Topliss-reactive ketones (excluding diaryl/α,β-unsaturated/α-hetero) is 1. The molecule has 2 heterocycles. The van der Waals surface area contributed by atoms with E-state index in [0.717, 1.165) is 45.8 Å². The number of aryl methyl sites for hydroxylation is 1. The first-order chi connectivity index (χ1) is 17.2. The third-order valence-corrected chi connectivity index (χ3v) is 6.93. The highest BCUT2D eigenvalue weighted by atomic mass is 32.2. The van der Waals surface area contributed by atoms with Crippen molar-refractivity contribution in [2.45, 2.75) is 25.0 Å². The first-order valence-corrected chi connectivity index (χ1v) is 12.5. The topological polar surface area (TPSA) is 61.9 Å². The lowest BCUT2D eigenvalue weighted by Gasteiger charge is -2.11. The Hall–Kier alpha value is -3.84. The zero-order chi connectivity index (χ0) is 24.2. The van der Waals surface area contributed by atoms with Crippen molar-refractivity contribution in [2.24, 2.45) is 0 Å². The van der Waals surface area contributed by atoms with E-state index >= 15 is 0 Å². The third kappa shape index (κ3) is 4.72. The van der Waals surface area contributed by atoms with Crippen LogP contribution in [0.15, 0.2) is 90.2 Å². The van der Waals surface area contributed by atoms with E-state index in [1.165, 1.54) is 11.8 Å². The summed E-state index contributed by atoms with van der Waals surface area (Å²) >= 11 is 1.41. The van der Waals surface area contributed by atoms with Crippen LogP contribution in [0, 0.1) is 0 Å². The van der Waals surface area contributed by atoms with Gasteiger partial charge in [-0.15, -0.1) is 10.2 Å². The summed E-state index contributed by atoms with van der Waals surface area (Å²) in [6.45, 7) is 2.90. The molecule has 0 atom stereocenters. The smallest absolute Gasteiger partial charge is 0.196 e. The summed E-state index contributed by atoms with van der Waals surface area (Å²) in [7, 11) is 1.65. The number of para-hydroxylation sites is 1. The van der Waals surface area contributed by atoms with Gasteiger partial charge in [0, 0.05) is 41.3 Å². The lowest BCUT2D eigenvalue weighted by Crippen LogP contribution is -2.06. The summed E-state index contributed by atoms with van der Waals surface area (Å²) in [5, 5.41) is 10.6. The van der Waals surface area contributed by atoms with Crippen LogP contribution in [0.5, 0.6) is 5.75 Å². The van der Waals surface area contributed by atoms with Gasteiger partial charge in [0.1, 0.15) is 11.6 Å². The minimum atomic E-state index is 0.0762. The van der Waals surface area contributed by atoms with Crippen molar-refractivity contribution in [1.82, 2.24) is 19.3 Å². The molecule has 0 N–H and O–H groups in total. The molecule has 0 unspecified atom stereocenters. The largest absolute Gasteiger partial charge is 0.497 e. The number of rotatable bonds is 9. The fourth-order valence-electron chi connectivity index (χ4n) is 4.22. The monoisotopic (exact) mass is 482 g/mol. The molecule has 0 aliphatic heterocycles. The van der Waals surface area contributed by atoms with Gasteiger partial charge in [0.25, 0.3) is 0 Å². The number of fused-ring (bicyclic) bond motifs is 1. The van der Waals surface area contributed by atoms with Gasteiger partial charge in [0.05, 0.1) is 12.9 Å². The lowest BCUT2D eigenvalue weighted by molar-refractivity contribution is 0.102. The Bertz CT molecular complexity index is 1460. The van der Waals surface area contributed by atoms with Gasteiger partial charge in [-0.1, -0.05) is 60.3 Å². The predicted molar refractivity (Wildman–Crippen MR) is 140 cm³/mol. The van der Waals surface area contributed by atoms with E-state index in [1.807, 2.05) is 71.4 Å². The SMILES string of the molecule is CCn1cc(C(=O)CSc2nnc(Cc3ccccc3)n2-c2ccc(OC)cc2)c2ccccc21. The van der Waals surface area contributed by atoms with Gasteiger partial charge in [0.15, 0.2) is 10.9 Å². The number of thioether (sulfide) groups is 1. The molecule has 6 nitrogen and oxygen atoms in total. The molecule has 0 aliphatic carbocycles. The van der Waals surface area contributed by atoms with Crippen LogP contribution in [0.4, 0.5) is 0 Å². The minimum Gasteiger partial charge on any atom is -0.497 e. The zero-order valence-corrected chi connectivity index (χ0v) is 20.5. The van der Waals surface area contributed by atoms with E-state index in [-0.39, 0.29) is 11.5 Å². The number of methoxy groups -OCH3 is 1. The molecule has 2 aromatic heterocycles. The van der Waals surface area contributed by atoms with Crippen LogP contribution in [0.1, 0.15) is 28.7 Å². The van der Waals surface area contributed by atoms with Crippen molar-refractivity contribution in [2.75, 3.05) is 12.9 Å². The molecular weight excluding hydrogens is 456 g/mol. The second kappa shape index (κ2) is 10.2. The molecule has 176 valence electrons. The Morgan fingerprint density at radius 2 is 1.69 bits per heavy atom. The number of aromatic nitrogens is 4. The van der Waals surface area contributed by atoms with Gasteiger partial charge in [-0.2, -0.15) is 0 Å². The molecule has 0 fully saturated rings. The van der Waals surface area contributed by atoms with E-state index in [1.54, 1.807) is 7.11 Å². The Balaban J connectivity index is 1.45. The standard InChI is InChI=1S/C28H26N4O2S/c1-3-31-18-24(23-11-7-8-12-25(23)31)26(33)19-35-28-30-29-27(17-20-9-5-4-6-10-20)32(28)21-13-15-22(34-2)16-14-21/h4-16,18H,3,17,19H2,1-2H3. The molecular formula is C28H26N4O2S. The first kappa shape index (κ1) is 22.9. The molecule has 0 amide bonds. The summed E-state index contributed by atoms with van der Waals surface area (Å²) in [6, 6.07) is 26.0. The van der Waals surface area contributed by atoms with Crippen LogP contribution >= 0.6 is 11.8 Å². The highest BCUT2D eigenvalue weighted by Crippen LogP contribution is 2.28. The number of benzene rings is 3. The maximum absolute atomic E-state index is 13.3. The van der Waals surface area contributed by atoms with Crippen LogP contribution in [-0.4, -0.2) is 38.0 Å². The maximum Gasteiger partial charge on any atom is 0.196 e. The van der Waals surface area contributed by atoms with Gasteiger partial charge in [-0.25, -0.2) is 0 Å². The van der Waals surface area contributed by atoms with Crippen molar-refractivity contribution < 1.29 is 9.53 Å².